The monoisotopic (exact) mass is 279 g/mol. The predicted molar refractivity (Wildman–Crippen MR) is 77.1 cm³/mol. The minimum atomic E-state index is -0.296. The standard InChI is InChI=1S/C13H10FNOS2/c1-2-7-17-13-15-11(12(16)18-13)8-9-3-5-10(14)6-4-9/h2-6,8H,1,7H2. The second-order valence-electron chi connectivity index (χ2n) is 3.45. The van der Waals surface area contributed by atoms with Gasteiger partial charge in [0.25, 0.3) is 0 Å². The zero-order valence-corrected chi connectivity index (χ0v) is 11.1. The molecule has 0 saturated carbocycles. The van der Waals surface area contributed by atoms with Crippen molar-refractivity contribution in [2.24, 2.45) is 4.99 Å². The lowest BCUT2D eigenvalue weighted by molar-refractivity contribution is -0.107. The Morgan fingerprint density at radius 3 is 2.78 bits per heavy atom. The molecule has 0 aromatic heterocycles. The number of aliphatic imine (C=N–C) groups is 1. The SMILES string of the molecule is C=CCSC1=NC(=Cc2ccc(F)cc2)C(=O)S1. The van der Waals surface area contributed by atoms with Crippen LogP contribution in [0.15, 0.2) is 47.6 Å². The summed E-state index contributed by atoms with van der Waals surface area (Å²) >= 11 is 2.60. The normalized spacial score (nSPS) is 17.1. The minimum absolute atomic E-state index is 0.0779. The summed E-state index contributed by atoms with van der Waals surface area (Å²) in [5, 5.41) is -0.0779. The molecule has 1 aliphatic rings. The maximum atomic E-state index is 12.7. The molecule has 1 aromatic carbocycles. The maximum Gasteiger partial charge on any atom is 0.244 e. The molecular formula is C13H10FNOS2. The molecule has 18 heavy (non-hydrogen) atoms. The fraction of sp³-hybridized carbons (Fsp3) is 0.0769. The number of halogens is 1. The molecule has 0 spiro atoms. The lowest BCUT2D eigenvalue weighted by Gasteiger charge is -1.93. The lowest BCUT2D eigenvalue weighted by atomic mass is 10.2. The van der Waals surface area contributed by atoms with Gasteiger partial charge in [0.05, 0.1) is 0 Å². The van der Waals surface area contributed by atoms with Crippen LogP contribution < -0.4 is 0 Å². The summed E-state index contributed by atoms with van der Waals surface area (Å²) in [6.07, 6.45) is 3.43. The topological polar surface area (TPSA) is 29.4 Å². The van der Waals surface area contributed by atoms with Crippen molar-refractivity contribution in [3.63, 3.8) is 0 Å². The molecule has 5 heteroatoms. The Labute approximate surface area is 113 Å². The van der Waals surface area contributed by atoms with E-state index in [9.17, 15) is 9.18 Å². The van der Waals surface area contributed by atoms with Gasteiger partial charge in [0, 0.05) is 5.75 Å². The fourth-order valence-corrected chi connectivity index (χ4v) is 2.90. The van der Waals surface area contributed by atoms with Gasteiger partial charge in [-0.3, -0.25) is 4.79 Å². The van der Waals surface area contributed by atoms with Crippen molar-refractivity contribution in [1.29, 1.82) is 0 Å². The quantitative estimate of drug-likeness (QED) is 0.624. The number of carbonyl (C=O) groups excluding carboxylic acids is 1. The second kappa shape index (κ2) is 6.02. The Kier molecular flexibility index (Phi) is 4.38. The lowest BCUT2D eigenvalue weighted by Crippen LogP contribution is -1.88. The molecule has 0 atom stereocenters. The molecule has 2 rings (SSSR count). The smallest absolute Gasteiger partial charge is 0.244 e. The second-order valence-corrected chi connectivity index (χ2v) is 5.68. The van der Waals surface area contributed by atoms with Gasteiger partial charge in [0.15, 0.2) is 0 Å². The van der Waals surface area contributed by atoms with Crippen LogP contribution in [0.4, 0.5) is 4.39 Å². The van der Waals surface area contributed by atoms with E-state index < -0.39 is 0 Å². The van der Waals surface area contributed by atoms with Gasteiger partial charge in [-0.2, -0.15) is 0 Å². The van der Waals surface area contributed by atoms with E-state index in [0.717, 1.165) is 27.5 Å². The van der Waals surface area contributed by atoms with Gasteiger partial charge < -0.3 is 0 Å². The molecule has 0 N–H and O–H groups in total. The number of thioether (sulfide) groups is 2. The summed E-state index contributed by atoms with van der Waals surface area (Å²) in [5.74, 6) is 0.429. The highest BCUT2D eigenvalue weighted by atomic mass is 32.2. The van der Waals surface area contributed by atoms with Crippen LogP contribution in [0.2, 0.25) is 0 Å². The van der Waals surface area contributed by atoms with Crippen LogP contribution in [0.3, 0.4) is 0 Å². The molecule has 0 aliphatic carbocycles. The van der Waals surface area contributed by atoms with Crippen molar-refractivity contribution in [2.75, 3.05) is 5.75 Å². The summed E-state index contributed by atoms with van der Waals surface area (Å²) in [6.45, 7) is 3.62. The van der Waals surface area contributed by atoms with E-state index in [-0.39, 0.29) is 10.9 Å². The van der Waals surface area contributed by atoms with Crippen molar-refractivity contribution in [3.05, 3.63) is 54.0 Å². The number of hydrogen-bond donors (Lipinski definition) is 0. The average Bonchev–Trinajstić information content (AvgIpc) is 2.70. The number of rotatable bonds is 3. The van der Waals surface area contributed by atoms with E-state index >= 15 is 0 Å². The molecule has 0 amide bonds. The van der Waals surface area contributed by atoms with Gasteiger partial charge in [-0.25, -0.2) is 9.38 Å². The molecule has 0 radical (unpaired) electrons. The van der Waals surface area contributed by atoms with E-state index in [1.165, 1.54) is 23.9 Å². The number of hydrogen-bond acceptors (Lipinski definition) is 4. The van der Waals surface area contributed by atoms with Crippen LogP contribution in [-0.2, 0) is 4.79 Å². The zero-order chi connectivity index (χ0) is 13.0. The van der Waals surface area contributed by atoms with Gasteiger partial charge in [0.2, 0.25) is 5.12 Å². The van der Waals surface area contributed by atoms with Crippen LogP contribution in [0.25, 0.3) is 6.08 Å². The van der Waals surface area contributed by atoms with Crippen LogP contribution in [0.5, 0.6) is 0 Å². The summed E-state index contributed by atoms with van der Waals surface area (Å²) in [5.41, 5.74) is 1.16. The molecule has 1 aliphatic heterocycles. The molecule has 0 bridgehead atoms. The fourth-order valence-electron chi connectivity index (χ4n) is 1.30. The third-order valence-corrected chi connectivity index (χ3v) is 4.10. The van der Waals surface area contributed by atoms with Crippen molar-refractivity contribution in [2.45, 2.75) is 0 Å². The van der Waals surface area contributed by atoms with E-state index in [1.54, 1.807) is 24.3 Å². The first-order valence-electron chi connectivity index (χ1n) is 5.21. The van der Waals surface area contributed by atoms with Crippen molar-refractivity contribution in [1.82, 2.24) is 0 Å². The molecular weight excluding hydrogens is 269 g/mol. The third kappa shape index (κ3) is 3.34. The predicted octanol–water partition coefficient (Wildman–Crippen LogP) is 3.72. The first kappa shape index (κ1) is 13.1. The number of benzene rings is 1. The number of nitrogens with zero attached hydrogens (tertiary/aromatic N) is 1. The van der Waals surface area contributed by atoms with Crippen LogP contribution in [0.1, 0.15) is 5.56 Å². The van der Waals surface area contributed by atoms with Crippen molar-refractivity contribution < 1.29 is 9.18 Å². The van der Waals surface area contributed by atoms with Crippen molar-refractivity contribution >= 4 is 39.1 Å². The summed E-state index contributed by atoms with van der Waals surface area (Å²) in [6, 6.07) is 5.95. The van der Waals surface area contributed by atoms with Gasteiger partial charge in [-0.1, -0.05) is 30.0 Å². The van der Waals surface area contributed by atoms with E-state index in [1.807, 2.05) is 0 Å². The molecule has 92 valence electrons. The zero-order valence-electron chi connectivity index (χ0n) is 9.43. The first-order chi connectivity index (χ1) is 8.69. The first-order valence-corrected chi connectivity index (χ1v) is 7.01. The highest BCUT2D eigenvalue weighted by molar-refractivity contribution is 8.45. The third-order valence-electron chi connectivity index (χ3n) is 2.10. The van der Waals surface area contributed by atoms with Crippen LogP contribution in [0, 0.1) is 5.82 Å². The van der Waals surface area contributed by atoms with Gasteiger partial charge >= 0.3 is 0 Å². The van der Waals surface area contributed by atoms with Crippen LogP contribution >= 0.6 is 23.5 Å². The molecule has 0 saturated heterocycles. The maximum absolute atomic E-state index is 12.7. The molecule has 0 unspecified atom stereocenters. The van der Waals surface area contributed by atoms with Gasteiger partial charge in [-0.15, -0.1) is 6.58 Å². The molecule has 0 fully saturated rings. The largest absolute Gasteiger partial charge is 0.279 e. The molecule has 2 nitrogen and oxygen atoms in total. The number of carbonyl (C=O) groups is 1. The van der Waals surface area contributed by atoms with Crippen molar-refractivity contribution in [3.8, 4) is 0 Å². The van der Waals surface area contributed by atoms with Gasteiger partial charge in [-0.05, 0) is 35.5 Å². The van der Waals surface area contributed by atoms with Crippen LogP contribution in [-0.4, -0.2) is 15.2 Å². The minimum Gasteiger partial charge on any atom is -0.279 e. The van der Waals surface area contributed by atoms with E-state index in [0.29, 0.717) is 5.70 Å². The summed E-state index contributed by atoms with van der Waals surface area (Å²) < 4.78 is 13.5. The summed E-state index contributed by atoms with van der Waals surface area (Å²) in [4.78, 5) is 15.9. The highest BCUT2D eigenvalue weighted by Crippen LogP contribution is 2.30. The Bertz CT molecular complexity index is 534. The average molecular weight is 279 g/mol. The Morgan fingerprint density at radius 2 is 2.11 bits per heavy atom. The van der Waals surface area contributed by atoms with E-state index in [2.05, 4.69) is 11.6 Å². The molecule has 1 aromatic rings. The Hall–Kier alpha value is -1.33. The van der Waals surface area contributed by atoms with E-state index in [4.69, 9.17) is 0 Å². The highest BCUT2D eigenvalue weighted by Gasteiger charge is 2.21. The van der Waals surface area contributed by atoms with Gasteiger partial charge in [0.1, 0.15) is 15.9 Å². The Balaban J connectivity index is 2.17. The Morgan fingerprint density at radius 1 is 1.39 bits per heavy atom. The molecule has 1 heterocycles. The summed E-state index contributed by atoms with van der Waals surface area (Å²) in [7, 11) is 0.